The second-order valence-electron chi connectivity index (χ2n) is 4.38. The molecule has 18 heavy (non-hydrogen) atoms. The Morgan fingerprint density at radius 1 is 1.33 bits per heavy atom. The number of para-hydroxylation sites is 1. The van der Waals surface area contributed by atoms with Crippen molar-refractivity contribution in [3.8, 4) is 5.75 Å². The third-order valence-electron chi connectivity index (χ3n) is 3.21. The average molecular weight is 261 g/mol. The van der Waals surface area contributed by atoms with E-state index in [2.05, 4.69) is 13.6 Å². The van der Waals surface area contributed by atoms with Crippen molar-refractivity contribution < 1.29 is 4.74 Å². The van der Waals surface area contributed by atoms with E-state index in [1.807, 2.05) is 36.5 Å². The van der Waals surface area contributed by atoms with E-state index >= 15 is 0 Å². The van der Waals surface area contributed by atoms with Crippen LogP contribution in [0.5, 0.6) is 5.75 Å². The number of rotatable bonds is 4. The lowest BCUT2D eigenvalue weighted by molar-refractivity contribution is 0.288. The van der Waals surface area contributed by atoms with Gasteiger partial charge in [0.2, 0.25) is 0 Å². The minimum absolute atomic E-state index is 0.411. The molecule has 1 aliphatic heterocycles. The summed E-state index contributed by atoms with van der Waals surface area (Å²) >= 11 is 1.26. The third-order valence-corrected chi connectivity index (χ3v) is 3.68. The minimum Gasteiger partial charge on any atom is -0.491 e. The van der Waals surface area contributed by atoms with Crippen molar-refractivity contribution in [1.29, 1.82) is 0 Å². The van der Waals surface area contributed by atoms with Crippen LogP contribution in [-0.2, 0) is 0 Å². The number of ether oxygens (including phenoxy) is 1. The molecular formula is C13H15N3OS. The van der Waals surface area contributed by atoms with E-state index in [0.29, 0.717) is 12.6 Å². The van der Waals surface area contributed by atoms with Gasteiger partial charge in [-0.15, -0.1) is 0 Å². The van der Waals surface area contributed by atoms with Crippen molar-refractivity contribution in [2.24, 2.45) is 0 Å². The lowest BCUT2D eigenvalue weighted by Crippen LogP contribution is -2.34. The first-order chi connectivity index (χ1) is 8.93. The van der Waals surface area contributed by atoms with Crippen LogP contribution in [0.2, 0.25) is 0 Å². The van der Waals surface area contributed by atoms with E-state index in [-0.39, 0.29) is 0 Å². The van der Waals surface area contributed by atoms with Gasteiger partial charge in [-0.25, -0.2) is 0 Å². The van der Waals surface area contributed by atoms with Crippen LogP contribution < -0.4 is 9.64 Å². The molecule has 0 N–H and O–H groups in total. The molecule has 2 heterocycles. The smallest absolute Gasteiger partial charge is 0.162 e. The Bertz CT molecular complexity index is 474. The molecule has 0 aliphatic carbocycles. The Morgan fingerprint density at radius 3 is 3.00 bits per heavy atom. The van der Waals surface area contributed by atoms with Gasteiger partial charge in [-0.1, -0.05) is 18.2 Å². The van der Waals surface area contributed by atoms with Crippen LogP contribution in [0.15, 0.2) is 36.5 Å². The van der Waals surface area contributed by atoms with E-state index in [1.54, 1.807) is 0 Å². The SMILES string of the molecule is c1ccc(OC[C@H]2CCCN2c2cnsn2)cc1. The highest BCUT2D eigenvalue weighted by atomic mass is 32.1. The molecule has 0 spiro atoms. The van der Waals surface area contributed by atoms with E-state index < -0.39 is 0 Å². The first kappa shape index (κ1) is 11.5. The fraction of sp³-hybridized carbons (Fsp3) is 0.385. The summed E-state index contributed by atoms with van der Waals surface area (Å²) in [6.45, 7) is 1.76. The molecule has 0 radical (unpaired) electrons. The van der Waals surface area contributed by atoms with Crippen molar-refractivity contribution in [2.75, 3.05) is 18.1 Å². The molecule has 5 heteroatoms. The van der Waals surface area contributed by atoms with Gasteiger partial charge in [0.1, 0.15) is 12.4 Å². The molecule has 2 aromatic rings. The lowest BCUT2D eigenvalue weighted by atomic mass is 10.2. The zero-order chi connectivity index (χ0) is 12.2. The van der Waals surface area contributed by atoms with E-state index in [0.717, 1.165) is 24.5 Å². The third kappa shape index (κ3) is 2.46. The van der Waals surface area contributed by atoms with Gasteiger partial charge in [-0.2, -0.15) is 8.75 Å². The number of anilines is 1. The Balaban J connectivity index is 1.62. The summed E-state index contributed by atoms with van der Waals surface area (Å²) in [6, 6.07) is 10.4. The largest absolute Gasteiger partial charge is 0.491 e. The summed E-state index contributed by atoms with van der Waals surface area (Å²) < 4.78 is 14.2. The zero-order valence-corrected chi connectivity index (χ0v) is 10.8. The molecule has 1 fully saturated rings. The standard InChI is InChI=1S/C13H15N3OS/c1-2-6-12(7-3-1)17-10-11-5-4-8-16(11)13-9-14-18-15-13/h1-3,6-7,9,11H,4-5,8,10H2/t11-/m1/s1. The molecule has 1 aliphatic rings. The van der Waals surface area contributed by atoms with Gasteiger partial charge in [0.05, 0.1) is 24.0 Å². The minimum atomic E-state index is 0.411. The molecule has 0 unspecified atom stereocenters. The second-order valence-corrected chi connectivity index (χ2v) is 4.94. The second kappa shape index (κ2) is 5.35. The first-order valence-corrected chi connectivity index (χ1v) is 6.88. The predicted molar refractivity (Wildman–Crippen MR) is 72.2 cm³/mol. The summed E-state index contributed by atoms with van der Waals surface area (Å²) in [6.07, 6.45) is 4.19. The quantitative estimate of drug-likeness (QED) is 0.848. The van der Waals surface area contributed by atoms with Gasteiger partial charge in [-0.3, -0.25) is 0 Å². The van der Waals surface area contributed by atoms with Crippen LogP contribution in [0.4, 0.5) is 5.82 Å². The number of nitrogens with zero attached hydrogens (tertiary/aromatic N) is 3. The monoisotopic (exact) mass is 261 g/mol. The molecule has 1 saturated heterocycles. The summed E-state index contributed by atoms with van der Waals surface area (Å²) in [5, 5.41) is 0. The Labute approximate surface area is 111 Å². The number of aromatic nitrogens is 2. The Hall–Kier alpha value is -1.62. The molecule has 1 atom stereocenters. The topological polar surface area (TPSA) is 38.2 Å². The number of hydrogen-bond acceptors (Lipinski definition) is 5. The van der Waals surface area contributed by atoms with Crippen molar-refractivity contribution >= 4 is 17.5 Å². The van der Waals surface area contributed by atoms with Gasteiger partial charge >= 0.3 is 0 Å². The van der Waals surface area contributed by atoms with Crippen molar-refractivity contribution in [2.45, 2.75) is 18.9 Å². The number of hydrogen-bond donors (Lipinski definition) is 0. The van der Waals surface area contributed by atoms with E-state index in [9.17, 15) is 0 Å². The van der Waals surface area contributed by atoms with Gasteiger partial charge in [-0.05, 0) is 25.0 Å². The molecule has 4 nitrogen and oxygen atoms in total. The van der Waals surface area contributed by atoms with Crippen molar-refractivity contribution in [3.05, 3.63) is 36.5 Å². The predicted octanol–water partition coefficient (Wildman–Crippen LogP) is 2.59. The molecule has 0 bridgehead atoms. The molecule has 94 valence electrons. The zero-order valence-electron chi connectivity index (χ0n) is 10.0. The van der Waals surface area contributed by atoms with Crippen LogP contribution >= 0.6 is 11.7 Å². The fourth-order valence-corrected chi connectivity index (χ4v) is 2.73. The van der Waals surface area contributed by atoms with Crippen molar-refractivity contribution in [1.82, 2.24) is 8.75 Å². The molecular weight excluding hydrogens is 246 g/mol. The maximum atomic E-state index is 5.83. The maximum Gasteiger partial charge on any atom is 0.162 e. The lowest BCUT2D eigenvalue weighted by Gasteiger charge is -2.23. The van der Waals surface area contributed by atoms with Crippen LogP contribution in [0, 0.1) is 0 Å². The van der Waals surface area contributed by atoms with Gasteiger partial charge < -0.3 is 9.64 Å². The normalized spacial score (nSPS) is 19.1. The first-order valence-electron chi connectivity index (χ1n) is 6.15. The molecule has 0 amide bonds. The summed E-state index contributed by atoms with van der Waals surface area (Å²) in [4.78, 5) is 2.30. The highest BCUT2D eigenvalue weighted by molar-refractivity contribution is 6.99. The summed E-state index contributed by atoms with van der Waals surface area (Å²) in [5.74, 6) is 1.92. The molecule has 1 aromatic heterocycles. The van der Waals surface area contributed by atoms with E-state index in [1.165, 1.54) is 18.1 Å². The van der Waals surface area contributed by atoms with E-state index in [4.69, 9.17) is 4.74 Å². The maximum absolute atomic E-state index is 5.83. The Kier molecular flexibility index (Phi) is 3.41. The van der Waals surface area contributed by atoms with Crippen LogP contribution in [0.25, 0.3) is 0 Å². The fourth-order valence-electron chi connectivity index (χ4n) is 2.31. The molecule has 3 rings (SSSR count). The van der Waals surface area contributed by atoms with Crippen molar-refractivity contribution in [3.63, 3.8) is 0 Å². The van der Waals surface area contributed by atoms with Crippen LogP contribution in [0.3, 0.4) is 0 Å². The Morgan fingerprint density at radius 2 is 2.22 bits per heavy atom. The van der Waals surface area contributed by atoms with Crippen LogP contribution in [-0.4, -0.2) is 27.9 Å². The highest BCUT2D eigenvalue weighted by Gasteiger charge is 2.26. The summed E-state index contributed by atoms with van der Waals surface area (Å²) in [5.41, 5.74) is 0. The molecule has 1 aromatic carbocycles. The van der Waals surface area contributed by atoms with Gasteiger partial charge in [0.15, 0.2) is 5.82 Å². The van der Waals surface area contributed by atoms with Gasteiger partial charge in [0, 0.05) is 6.54 Å². The average Bonchev–Trinajstić information content (AvgIpc) is 3.08. The van der Waals surface area contributed by atoms with Gasteiger partial charge in [0.25, 0.3) is 0 Å². The summed E-state index contributed by atoms with van der Waals surface area (Å²) in [7, 11) is 0. The van der Waals surface area contributed by atoms with Crippen LogP contribution in [0.1, 0.15) is 12.8 Å². The number of benzene rings is 1. The highest BCUT2D eigenvalue weighted by Crippen LogP contribution is 2.24. The molecule has 0 saturated carbocycles.